The van der Waals surface area contributed by atoms with Crippen molar-refractivity contribution >= 4 is 5.82 Å². The highest BCUT2D eigenvalue weighted by Gasteiger charge is 2.08. The lowest BCUT2D eigenvalue weighted by atomic mass is 10.4. The maximum Gasteiger partial charge on any atom is 0.163 e. The lowest BCUT2D eigenvalue weighted by molar-refractivity contribution is 0.700. The van der Waals surface area contributed by atoms with Gasteiger partial charge >= 0.3 is 0 Å². The van der Waals surface area contributed by atoms with Crippen molar-refractivity contribution in [1.29, 1.82) is 5.26 Å². The molecular formula is C8H8N6. The first-order valence-corrected chi connectivity index (χ1v) is 3.96. The van der Waals surface area contributed by atoms with Crippen molar-refractivity contribution in [3.63, 3.8) is 0 Å². The van der Waals surface area contributed by atoms with E-state index in [0.29, 0.717) is 5.56 Å². The van der Waals surface area contributed by atoms with Crippen molar-refractivity contribution < 1.29 is 0 Å². The Hall–Kier alpha value is -2.29. The summed E-state index contributed by atoms with van der Waals surface area (Å²) in [4.78, 5) is 0. The third-order valence-corrected chi connectivity index (χ3v) is 1.89. The Labute approximate surface area is 80.2 Å². The fourth-order valence-corrected chi connectivity index (χ4v) is 1.18. The zero-order chi connectivity index (χ0) is 10.1. The van der Waals surface area contributed by atoms with Crippen LogP contribution in [0.3, 0.4) is 0 Å². The number of nitrogens with zero attached hydrogens (tertiary/aromatic N) is 5. The zero-order valence-electron chi connectivity index (χ0n) is 7.55. The summed E-state index contributed by atoms with van der Waals surface area (Å²) in [6.07, 6.45) is 3.23. The van der Waals surface area contributed by atoms with Gasteiger partial charge in [0.25, 0.3) is 0 Å². The van der Waals surface area contributed by atoms with Gasteiger partial charge in [0.2, 0.25) is 0 Å². The second-order valence-electron chi connectivity index (χ2n) is 2.80. The monoisotopic (exact) mass is 188 g/mol. The first-order valence-electron chi connectivity index (χ1n) is 3.96. The average Bonchev–Trinajstić information content (AvgIpc) is 2.71. The Kier molecular flexibility index (Phi) is 1.71. The molecule has 6 nitrogen and oxygen atoms in total. The van der Waals surface area contributed by atoms with Crippen molar-refractivity contribution in [2.45, 2.75) is 0 Å². The largest absolute Gasteiger partial charge is 0.381 e. The molecule has 2 rings (SSSR count). The highest BCUT2D eigenvalue weighted by Crippen LogP contribution is 2.11. The molecule has 0 bridgehead atoms. The zero-order valence-corrected chi connectivity index (χ0v) is 7.55. The van der Waals surface area contributed by atoms with Crippen LogP contribution < -0.4 is 5.73 Å². The third-order valence-electron chi connectivity index (χ3n) is 1.89. The summed E-state index contributed by atoms with van der Waals surface area (Å²) in [5.41, 5.74) is 5.89. The van der Waals surface area contributed by atoms with Crippen molar-refractivity contribution in [2.24, 2.45) is 7.05 Å². The van der Waals surface area contributed by atoms with Gasteiger partial charge in [-0.2, -0.15) is 10.4 Å². The number of hydrogen-bond acceptors (Lipinski definition) is 4. The van der Waals surface area contributed by atoms with E-state index in [2.05, 4.69) is 10.2 Å². The van der Waals surface area contributed by atoms with Gasteiger partial charge in [0.15, 0.2) is 11.6 Å². The smallest absolute Gasteiger partial charge is 0.163 e. The van der Waals surface area contributed by atoms with Crippen molar-refractivity contribution in [1.82, 2.24) is 19.6 Å². The molecule has 0 spiro atoms. The van der Waals surface area contributed by atoms with Crippen LogP contribution in [0.2, 0.25) is 0 Å². The normalized spacial score (nSPS) is 10.0. The standard InChI is InChI=1S/C8H8N6/c1-13-7(2-3-11-13)14-5-6(4-9)8(10)12-14/h2-3,5H,1H3,(H2,10,12). The Balaban J connectivity index is 2.54. The van der Waals surface area contributed by atoms with E-state index in [4.69, 9.17) is 11.0 Å². The summed E-state index contributed by atoms with van der Waals surface area (Å²) in [6.45, 7) is 0. The Morgan fingerprint density at radius 2 is 2.36 bits per heavy atom. The molecule has 0 unspecified atom stereocenters. The van der Waals surface area contributed by atoms with Crippen LogP contribution in [0, 0.1) is 11.3 Å². The maximum absolute atomic E-state index is 8.69. The molecule has 0 saturated heterocycles. The molecule has 0 amide bonds. The first-order chi connectivity index (χ1) is 6.72. The summed E-state index contributed by atoms with van der Waals surface area (Å²) in [5.74, 6) is 0.993. The minimum Gasteiger partial charge on any atom is -0.381 e. The molecule has 0 atom stereocenters. The lowest BCUT2D eigenvalue weighted by Gasteiger charge is -1.99. The summed E-state index contributed by atoms with van der Waals surface area (Å²) in [5, 5.41) is 16.7. The predicted molar refractivity (Wildman–Crippen MR) is 49.5 cm³/mol. The van der Waals surface area contributed by atoms with Crippen LogP contribution in [0.4, 0.5) is 5.82 Å². The number of rotatable bonds is 1. The first kappa shape index (κ1) is 8.31. The van der Waals surface area contributed by atoms with Crippen LogP contribution >= 0.6 is 0 Å². The molecule has 2 aromatic heterocycles. The van der Waals surface area contributed by atoms with Gasteiger partial charge in [0.05, 0.1) is 12.4 Å². The van der Waals surface area contributed by atoms with Crippen molar-refractivity contribution in [3.05, 3.63) is 24.0 Å². The van der Waals surface area contributed by atoms with Crippen LogP contribution in [-0.4, -0.2) is 19.6 Å². The van der Waals surface area contributed by atoms with E-state index >= 15 is 0 Å². The summed E-state index contributed by atoms with van der Waals surface area (Å²) in [6, 6.07) is 3.74. The van der Waals surface area contributed by atoms with Gasteiger partial charge in [-0.05, 0) is 0 Å². The van der Waals surface area contributed by atoms with Crippen molar-refractivity contribution in [3.8, 4) is 11.9 Å². The summed E-state index contributed by atoms with van der Waals surface area (Å²) < 4.78 is 3.18. The van der Waals surface area contributed by atoms with Crippen LogP contribution in [0.5, 0.6) is 0 Å². The molecule has 6 heteroatoms. The molecule has 0 aliphatic heterocycles. The molecule has 0 radical (unpaired) electrons. The topological polar surface area (TPSA) is 85.5 Å². The number of aromatic nitrogens is 4. The number of nitriles is 1. The average molecular weight is 188 g/mol. The molecule has 2 heterocycles. The number of hydrogen-bond donors (Lipinski definition) is 1. The fraction of sp³-hybridized carbons (Fsp3) is 0.125. The van der Waals surface area contributed by atoms with E-state index in [9.17, 15) is 0 Å². The molecule has 2 aromatic rings. The van der Waals surface area contributed by atoms with Crippen LogP contribution in [0.15, 0.2) is 18.5 Å². The third kappa shape index (κ3) is 1.11. The Morgan fingerprint density at radius 3 is 2.86 bits per heavy atom. The van der Waals surface area contributed by atoms with Gasteiger partial charge in [0, 0.05) is 13.1 Å². The Bertz CT molecular complexity index is 500. The van der Waals surface area contributed by atoms with Gasteiger partial charge < -0.3 is 5.73 Å². The van der Waals surface area contributed by atoms with Gasteiger partial charge in [-0.3, -0.25) is 4.68 Å². The van der Waals surface area contributed by atoms with Crippen LogP contribution in [0.25, 0.3) is 5.82 Å². The molecule has 0 aliphatic rings. The number of anilines is 1. The van der Waals surface area contributed by atoms with E-state index in [-0.39, 0.29) is 5.82 Å². The van der Waals surface area contributed by atoms with Crippen LogP contribution in [0.1, 0.15) is 5.56 Å². The Morgan fingerprint density at radius 1 is 1.57 bits per heavy atom. The minimum absolute atomic E-state index is 0.230. The molecule has 0 aromatic carbocycles. The number of aryl methyl sites for hydroxylation is 1. The van der Waals surface area contributed by atoms with Gasteiger partial charge in [0.1, 0.15) is 11.6 Å². The van der Waals surface area contributed by atoms with E-state index in [0.717, 1.165) is 5.82 Å². The highest BCUT2D eigenvalue weighted by atomic mass is 15.4. The number of nitrogen functional groups attached to an aromatic ring is 1. The summed E-state index contributed by atoms with van der Waals surface area (Å²) in [7, 11) is 1.79. The quantitative estimate of drug-likeness (QED) is 0.685. The molecule has 2 N–H and O–H groups in total. The lowest BCUT2D eigenvalue weighted by Crippen LogP contribution is -2.03. The molecule has 14 heavy (non-hydrogen) atoms. The van der Waals surface area contributed by atoms with Gasteiger partial charge in [-0.25, -0.2) is 4.68 Å². The maximum atomic E-state index is 8.69. The van der Waals surface area contributed by atoms with E-state index in [1.54, 1.807) is 30.2 Å². The minimum atomic E-state index is 0.230. The highest BCUT2D eigenvalue weighted by molar-refractivity contribution is 5.48. The van der Waals surface area contributed by atoms with Crippen molar-refractivity contribution in [2.75, 3.05) is 5.73 Å². The predicted octanol–water partition coefficient (Wildman–Crippen LogP) is 0.0597. The molecule has 0 fully saturated rings. The molecule has 0 saturated carbocycles. The van der Waals surface area contributed by atoms with E-state index < -0.39 is 0 Å². The van der Waals surface area contributed by atoms with E-state index in [1.807, 2.05) is 6.07 Å². The van der Waals surface area contributed by atoms with Gasteiger partial charge in [-0.15, -0.1) is 5.10 Å². The summed E-state index contributed by atoms with van der Waals surface area (Å²) >= 11 is 0. The molecular weight excluding hydrogens is 180 g/mol. The second-order valence-corrected chi connectivity index (χ2v) is 2.80. The van der Waals surface area contributed by atoms with Crippen LogP contribution in [-0.2, 0) is 7.05 Å². The second kappa shape index (κ2) is 2.88. The van der Waals surface area contributed by atoms with E-state index in [1.165, 1.54) is 4.68 Å². The SMILES string of the molecule is Cn1nccc1-n1cc(C#N)c(N)n1. The fourth-order valence-electron chi connectivity index (χ4n) is 1.18. The molecule has 0 aliphatic carbocycles. The molecule has 70 valence electrons. The number of nitrogens with two attached hydrogens (primary N) is 1. The van der Waals surface area contributed by atoms with Gasteiger partial charge in [-0.1, -0.05) is 0 Å².